The van der Waals surface area contributed by atoms with Crippen molar-refractivity contribution in [1.82, 2.24) is 4.90 Å². The lowest BCUT2D eigenvalue weighted by Gasteiger charge is -2.37. The first kappa shape index (κ1) is 30.0. The van der Waals surface area contributed by atoms with E-state index in [1.165, 1.54) is 17.7 Å². The van der Waals surface area contributed by atoms with Crippen molar-refractivity contribution in [3.8, 4) is 0 Å². The number of hydrogen-bond donors (Lipinski definition) is 3. The van der Waals surface area contributed by atoms with Crippen molar-refractivity contribution in [2.45, 2.75) is 70.2 Å². The molecule has 8 nitrogen and oxygen atoms in total. The minimum absolute atomic E-state index is 0.00153. The fourth-order valence-electron chi connectivity index (χ4n) is 5.28. The zero-order valence-electron chi connectivity index (χ0n) is 23.2. The number of anilines is 3. The van der Waals surface area contributed by atoms with Crippen LogP contribution in [0.1, 0.15) is 57.6 Å². The van der Waals surface area contributed by atoms with Gasteiger partial charge in [0.1, 0.15) is 6.61 Å². The molecule has 0 bridgehead atoms. The lowest BCUT2D eigenvalue weighted by atomic mass is 9.87. The van der Waals surface area contributed by atoms with E-state index in [-0.39, 0.29) is 46.7 Å². The summed E-state index contributed by atoms with van der Waals surface area (Å²) in [5.74, 6) is -0.0419. The molecule has 1 saturated heterocycles. The number of carbonyl (C=O) groups excluding carboxylic acids is 1. The second-order valence-electron chi connectivity index (χ2n) is 11.6. The van der Waals surface area contributed by atoms with Gasteiger partial charge in [-0.2, -0.15) is 13.2 Å². The lowest BCUT2D eigenvalue weighted by molar-refractivity contribution is -0.139. The summed E-state index contributed by atoms with van der Waals surface area (Å²) in [6.07, 6.45) is -2.33. The van der Waals surface area contributed by atoms with Gasteiger partial charge in [-0.05, 0) is 67.0 Å². The normalized spacial score (nSPS) is 20.4. The van der Waals surface area contributed by atoms with Crippen molar-refractivity contribution >= 4 is 23.0 Å². The van der Waals surface area contributed by atoms with Crippen LogP contribution in [0.3, 0.4) is 0 Å². The number of piperazine rings is 1. The molecule has 11 heteroatoms. The van der Waals surface area contributed by atoms with Crippen molar-refractivity contribution in [3.05, 3.63) is 53.6 Å². The van der Waals surface area contributed by atoms with E-state index in [2.05, 4.69) is 55.3 Å². The van der Waals surface area contributed by atoms with Gasteiger partial charge in [-0.1, -0.05) is 32.9 Å². The Kier molecular flexibility index (Phi) is 9.16. The Morgan fingerprint density at radius 3 is 2.15 bits per heavy atom. The third-order valence-electron chi connectivity index (χ3n) is 7.75. The summed E-state index contributed by atoms with van der Waals surface area (Å²) < 4.78 is 46.5. The van der Waals surface area contributed by atoms with Crippen molar-refractivity contribution in [2.24, 2.45) is 0 Å². The molecule has 2 fully saturated rings. The number of benzene rings is 2. The summed E-state index contributed by atoms with van der Waals surface area (Å²) in [6, 6.07) is 11.5. The summed E-state index contributed by atoms with van der Waals surface area (Å²) in [5.41, 5.74) is 1.09. The summed E-state index contributed by atoms with van der Waals surface area (Å²) >= 11 is 0. The van der Waals surface area contributed by atoms with E-state index in [0.717, 1.165) is 18.8 Å². The fourth-order valence-corrected chi connectivity index (χ4v) is 5.28. The van der Waals surface area contributed by atoms with Crippen molar-refractivity contribution in [2.75, 3.05) is 48.2 Å². The average Bonchev–Trinajstić information content (AvgIpc) is 2.91. The van der Waals surface area contributed by atoms with Crippen LogP contribution < -0.4 is 15.4 Å². The van der Waals surface area contributed by atoms with Crippen LogP contribution in [-0.2, 0) is 21.1 Å². The van der Waals surface area contributed by atoms with Crippen LogP contribution in [0.25, 0.3) is 0 Å². The number of halogens is 3. The third kappa shape index (κ3) is 7.58. The lowest BCUT2D eigenvalue weighted by Crippen LogP contribution is -2.50. The summed E-state index contributed by atoms with van der Waals surface area (Å²) in [6.45, 7) is 9.34. The molecular weight excluding hydrogens is 525 g/mol. The van der Waals surface area contributed by atoms with Gasteiger partial charge in [0, 0.05) is 43.6 Å². The minimum Gasteiger partial charge on any atom is -0.382 e. The monoisotopic (exact) mass is 564 g/mol. The van der Waals surface area contributed by atoms with Crippen molar-refractivity contribution in [3.63, 3.8) is 0 Å². The van der Waals surface area contributed by atoms with Gasteiger partial charge >= 0.3 is 6.18 Å². The van der Waals surface area contributed by atoms with Crippen LogP contribution in [0.15, 0.2) is 42.5 Å². The molecule has 4 rings (SSSR count). The Morgan fingerprint density at radius 1 is 0.975 bits per heavy atom. The van der Waals surface area contributed by atoms with E-state index >= 15 is 0 Å². The van der Waals surface area contributed by atoms with E-state index < -0.39 is 11.7 Å². The highest BCUT2D eigenvalue weighted by Crippen LogP contribution is 2.38. The largest absolute Gasteiger partial charge is 0.418 e. The van der Waals surface area contributed by atoms with Gasteiger partial charge in [0.05, 0.1) is 17.4 Å². The van der Waals surface area contributed by atoms with E-state index in [1.807, 2.05) is 4.90 Å². The molecule has 1 aliphatic carbocycles. The van der Waals surface area contributed by atoms with Crippen molar-refractivity contribution in [1.29, 1.82) is 0 Å². The van der Waals surface area contributed by atoms with E-state index in [0.29, 0.717) is 44.8 Å². The Bertz CT molecular complexity index is 1140. The molecule has 2 aliphatic rings. The molecule has 1 heterocycles. The maximum Gasteiger partial charge on any atom is 0.418 e. The fraction of sp³-hybridized carbons (Fsp3) is 0.552. The maximum absolute atomic E-state index is 13.5. The predicted molar refractivity (Wildman–Crippen MR) is 147 cm³/mol. The number of nitrogens with zero attached hydrogens (tertiary/aromatic N) is 3. The SMILES string of the molecule is CC(C)(C)c1ccc(N2CCN(C(=O)COC3CCC(Nc4ccc(N(O)O)cc4C(F)(F)F)CC3)CC2)cc1. The molecule has 1 amide bonds. The van der Waals surface area contributed by atoms with E-state index in [1.54, 1.807) is 0 Å². The zero-order chi connectivity index (χ0) is 29.1. The number of nitrogens with one attached hydrogen (secondary N) is 1. The van der Waals surface area contributed by atoms with Gasteiger partial charge in [-0.15, -0.1) is 5.23 Å². The molecule has 0 spiro atoms. The smallest absolute Gasteiger partial charge is 0.382 e. The van der Waals surface area contributed by atoms with Gasteiger partial charge < -0.3 is 19.9 Å². The molecule has 1 saturated carbocycles. The van der Waals surface area contributed by atoms with Crippen molar-refractivity contribution < 1.29 is 33.1 Å². The second kappa shape index (κ2) is 12.2. The van der Waals surface area contributed by atoms with Crippen LogP contribution in [0.2, 0.25) is 0 Å². The van der Waals surface area contributed by atoms with Gasteiger partial charge in [0.15, 0.2) is 0 Å². The van der Waals surface area contributed by atoms with Gasteiger partial charge in [-0.25, -0.2) is 0 Å². The number of ether oxygens (including phenoxy) is 1. The first-order valence-electron chi connectivity index (χ1n) is 13.7. The molecule has 0 radical (unpaired) electrons. The highest BCUT2D eigenvalue weighted by molar-refractivity contribution is 5.77. The molecule has 0 unspecified atom stereocenters. The van der Waals surface area contributed by atoms with Crippen LogP contribution in [0.5, 0.6) is 0 Å². The van der Waals surface area contributed by atoms with Crippen LogP contribution >= 0.6 is 0 Å². The highest BCUT2D eigenvalue weighted by Gasteiger charge is 2.35. The Labute approximate surface area is 233 Å². The zero-order valence-corrected chi connectivity index (χ0v) is 23.2. The first-order chi connectivity index (χ1) is 18.8. The quantitative estimate of drug-likeness (QED) is 0.373. The van der Waals surface area contributed by atoms with E-state index in [9.17, 15) is 18.0 Å². The number of amides is 1. The van der Waals surface area contributed by atoms with Gasteiger partial charge in [0.2, 0.25) is 5.91 Å². The van der Waals surface area contributed by atoms with Gasteiger partial charge in [-0.3, -0.25) is 15.2 Å². The Hall–Kier alpha value is -3.02. The van der Waals surface area contributed by atoms with Crippen LogP contribution in [0, 0.1) is 0 Å². The molecule has 1 aliphatic heterocycles. The highest BCUT2D eigenvalue weighted by atomic mass is 19.4. The summed E-state index contributed by atoms with van der Waals surface area (Å²) in [5, 5.41) is 20.8. The minimum atomic E-state index is -4.66. The molecule has 0 atom stereocenters. The summed E-state index contributed by atoms with van der Waals surface area (Å²) in [7, 11) is 0. The Morgan fingerprint density at radius 2 is 1.60 bits per heavy atom. The molecule has 40 heavy (non-hydrogen) atoms. The number of hydrogen-bond acceptors (Lipinski definition) is 7. The standard InChI is InChI=1S/C29H39F3N4O4/c1-28(2,3)20-4-8-22(9-5-20)34-14-16-35(17-15-34)27(37)19-40-24-11-6-21(7-12-24)33-26-13-10-23(36(38)39)18-25(26)29(30,31)32/h4-5,8-10,13,18,21,24,33,38-39H,6-7,11-12,14-17,19H2,1-3H3. The molecule has 0 aromatic heterocycles. The van der Waals surface area contributed by atoms with Gasteiger partial charge in [0.25, 0.3) is 0 Å². The topological polar surface area (TPSA) is 88.5 Å². The van der Waals surface area contributed by atoms with Crippen LogP contribution in [0.4, 0.5) is 30.2 Å². The second-order valence-corrected chi connectivity index (χ2v) is 11.6. The number of alkyl halides is 3. The third-order valence-corrected chi connectivity index (χ3v) is 7.75. The van der Waals surface area contributed by atoms with Crippen LogP contribution in [-0.4, -0.2) is 66.2 Å². The number of carbonyl (C=O) groups is 1. The molecule has 3 N–H and O–H groups in total. The molecule has 220 valence electrons. The average molecular weight is 565 g/mol. The molecular formula is C29H39F3N4O4. The molecule has 2 aromatic rings. The summed E-state index contributed by atoms with van der Waals surface area (Å²) in [4.78, 5) is 16.9. The Balaban J connectivity index is 1.20. The van der Waals surface area contributed by atoms with E-state index in [4.69, 9.17) is 15.2 Å². The maximum atomic E-state index is 13.5. The first-order valence-corrected chi connectivity index (χ1v) is 13.7. The number of rotatable bonds is 7. The molecule has 2 aromatic carbocycles. The predicted octanol–water partition coefficient (Wildman–Crippen LogP) is 5.68.